The summed E-state index contributed by atoms with van der Waals surface area (Å²) >= 11 is 2.22. The summed E-state index contributed by atoms with van der Waals surface area (Å²) in [6.45, 7) is 6.34. The van der Waals surface area contributed by atoms with Gasteiger partial charge >= 0.3 is 0 Å². The Morgan fingerprint density at radius 3 is 2.63 bits per heavy atom. The first kappa shape index (κ1) is 14.2. The Labute approximate surface area is 127 Å². The van der Waals surface area contributed by atoms with Gasteiger partial charge in [-0.3, -0.25) is 0 Å². The zero-order chi connectivity index (χ0) is 14.0. The molecule has 2 N–H and O–H groups in total. The maximum atomic E-state index is 5.98. The van der Waals surface area contributed by atoms with Crippen LogP contribution in [-0.4, -0.2) is 9.97 Å². The van der Waals surface area contributed by atoms with Gasteiger partial charge in [0, 0.05) is 6.42 Å². The lowest BCUT2D eigenvalue weighted by molar-refractivity contribution is 0.785. The zero-order valence-corrected chi connectivity index (χ0v) is 13.6. The molecule has 0 radical (unpaired) electrons. The van der Waals surface area contributed by atoms with E-state index < -0.39 is 0 Å². The van der Waals surface area contributed by atoms with Crippen LogP contribution in [0.2, 0.25) is 0 Å². The fourth-order valence-corrected chi connectivity index (χ4v) is 2.86. The van der Waals surface area contributed by atoms with Gasteiger partial charge < -0.3 is 5.73 Å². The SMILES string of the molecule is Cc1cccc(Cc2nc(N)c(I)c(C(C)C)n2)c1. The Morgan fingerprint density at radius 1 is 1.26 bits per heavy atom. The number of hydrogen-bond acceptors (Lipinski definition) is 3. The van der Waals surface area contributed by atoms with Crippen molar-refractivity contribution in [2.45, 2.75) is 33.1 Å². The molecule has 1 heterocycles. The Balaban J connectivity index is 2.36. The summed E-state index contributed by atoms with van der Waals surface area (Å²) in [5, 5.41) is 0. The first-order chi connectivity index (χ1) is 8.97. The number of nitrogens with zero attached hydrogens (tertiary/aromatic N) is 2. The van der Waals surface area contributed by atoms with Gasteiger partial charge in [0.05, 0.1) is 9.26 Å². The van der Waals surface area contributed by atoms with Crippen LogP contribution in [0.5, 0.6) is 0 Å². The first-order valence-corrected chi connectivity index (χ1v) is 7.42. The average Bonchev–Trinajstić information content (AvgIpc) is 2.33. The average molecular weight is 367 g/mol. The van der Waals surface area contributed by atoms with Crippen molar-refractivity contribution in [2.24, 2.45) is 0 Å². The van der Waals surface area contributed by atoms with Crippen molar-refractivity contribution in [2.75, 3.05) is 5.73 Å². The minimum absolute atomic E-state index is 0.355. The number of aryl methyl sites for hydroxylation is 1. The topological polar surface area (TPSA) is 51.8 Å². The summed E-state index contributed by atoms with van der Waals surface area (Å²) < 4.78 is 0.973. The highest BCUT2D eigenvalue weighted by Gasteiger charge is 2.13. The van der Waals surface area contributed by atoms with Crippen LogP contribution in [0.15, 0.2) is 24.3 Å². The second kappa shape index (κ2) is 5.86. The maximum Gasteiger partial charge on any atom is 0.140 e. The van der Waals surface area contributed by atoms with Crippen LogP contribution in [0.4, 0.5) is 5.82 Å². The van der Waals surface area contributed by atoms with Crippen molar-refractivity contribution < 1.29 is 0 Å². The highest BCUT2D eigenvalue weighted by atomic mass is 127. The Morgan fingerprint density at radius 2 is 2.00 bits per heavy atom. The largest absolute Gasteiger partial charge is 0.383 e. The predicted molar refractivity (Wildman–Crippen MR) is 87.2 cm³/mol. The summed E-state index contributed by atoms with van der Waals surface area (Å²) in [6.07, 6.45) is 0.725. The van der Waals surface area contributed by atoms with Crippen LogP contribution in [0.3, 0.4) is 0 Å². The van der Waals surface area contributed by atoms with Crippen molar-refractivity contribution in [1.82, 2.24) is 9.97 Å². The molecule has 0 bridgehead atoms. The Kier molecular flexibility index (Phi) is 4.39. The van der Waals surface area contributed by atoms with E-state index in [1.807, 2.05) is 0 Å². The molecule has 4 heteroatoms. The first-order valence-electron chi connectivity index (χ1n) is 6.34. The van der Waals surface area contributed by atoms with Crippen LogP contribution in [0.25, 0.3) is 0 Å². The van der Waals surface area contributed by atoms with Crippen molar-refractivity contribution in [1.29, 1.82) is 0 Å². The van der Waals surface area contributed by atoms with Gasteiger partial charge in [-0.25, -0.2) is 9.97 Å². The fraction of sp³-hybridized carbons (Fsp3) is 0.333. The molecule has 2 aromatic rings. The van der Waals surface area contributed by atoms with Crippen LogP contribution >= 0.6 is 22.6 Å². The maximum absolute atomic E-state index is 5.98. The van der Waals surface area contributed by atoms with E-state index in [0.717, 1.165) is 21.5 Å². The van der Waals surface area contributed by atoms with Crippen LogP contribution < -0.4 is 5.73 Å². The predicted octanol–water partition coefficient (Wildman–Crippen LogP) is 3.69. The van der Waals surface area contributed by atoms with E-state index in [1.54, 1.807) is 0 Å². The summed E-state index contributed by atoms with van der Waals surface area (Å²) in [5.74, 6) is 1.74. The molecule has 1 aromatic carbocycles. The summed E-state index contributed by atoms with van der Waals surface area (Å²) in [5.41, 5.74) is 9.49. The number of anilines is 1. The summed E-state index contributed by atoms with van der Waals surface area (Å²) in [7, 11) is 0. The molecule has 0 fully saturated rings. The molecule has 1 aromatic heterocycles. The molecule has 0 atom stereocenters. The Hall–Kier alpha value is -1.17. The van der Waals surface area contributed by atoms with E-state index in [2.05, 4.69) is 77.6 Å². The van der Waals surface area contributed by atoms with E-state index in [-0.39, 0.29) is 0 Å². The molecule has 3 nitrogen and oxygen atoms in total. The number of aromatic nitrogens is 2. The van der Waals surface area contributed by atoms with Crippen LogP contribution in [0, 0.1) is 10.5 Å². The minimum atomic E-state index is 0.355. The van der Waals surface area contributed by atoms with Crippen molar-refractivity contribution in [3.8, 4) is 0 Å². The van der Waals surface area contributed by atoms with Crippen LogP contribution in [-0.2, 0) is 6.42 Å². The highest BCUT2D eigenvalue weighted by Crippen LogP contribution is 2.23. The third-order valence-corrected chi connectivity index (χ3v) is 4.05. The number of hydrogen-bond donors (Lipinski definition) is 1. The monoisotopic (exact) mass is 367 g/mol. The number of benzene rings is 1. The lowest BCUT2D eigenvalue weighted by atomic mass is 10.1. The van der Waals surface area contributed by atoms with Gasteiger partial charge in [-0.15, -0.1) is 0 Å². The molecule has 0 saturated heterocycles. The molecule has 100 valence electrons. The lowest BCUT2D eigenvalue weighted by Gasteiger charge is -2.11. The number of rotatable bonds is 3. The highest BCUT2D eigenvalue weighted by molar-refractivity contribution is 14.1. The number of nitrogens with two attached hydrogens (primary N) is 1. The normalized spacial score (nSPS) is 11.0. The van der Waals surface area contributed by atoms with Gasteiger partial charge in [0.1, 0.15) is 11.6 Å². The molecular weight excluding hydrogens is 349 g/mol. The molecule has 0 unspecified atom stereocenters. The van der Waals surface area contributed by atoms with Gasteiger partial charge in [-0.2, -0.15) is 0 Å². The minimum Gasteiger partial charge on any atom is -0.383 e. The van der Waals surface area contributed by atoms with Gasteiger partial charge in [-0.1, -0.05) is 43.7 Å². The lowest BCUT2D eigenvalue weighted by Crippen LogP contribution is -2.09. The molecule has 0 aliphatic heterocycles. The second-order valence-corrected chi connectivity index (χ2v) is 6.12. The molecule has 0 amide bonds. The standard InChI is InChI=1S/C15H18IN3/c1-9(2)14-13(16)15(17)19-12(18-14)8-11-6-4-5-10(3)7-11/h4-7,9H,8H2,1-3H3,(H2,17,18,19). The second-order valence-electron chi connectivity index (χ2n) is 5.04. The molecule has 0 spiro atoms. The Bertz CT molecular complexity index is 594. The third-order valence-electron chi connectivity index (χ3n) is 2.94. The summed E-state index contributed by atoms with van der Waals surface area (Å²) in [6, 6.07) is 8.41. The quantitative estimate of drug-likeness (QED) is 0.842. The van der Waals surface area contributed by atoms with Gasteiger partial charge in [0.25, 0.3) is 0 Å². The van der Waals surface area contributed by atoms with Crippen molar-refractivity contribution in [3.05, 3.63) is 50.5 Å². The number of nitrogen functional groups attached to an aromatic ring is 1. The third kappa shape index (κ3) is 3.43. The van der Waals surface area contributed by atoms with Crippen LogP contribution in [0.1, 0.15) is 42.4 Å². The number of halogens is 1. The van der Waals surface area contributed by atoms with E-state index in [4.69, 9.17) is 5.73 Å². The van der Waals surface area contributed by atoms with E-state index in [9.17, 15) is 0 Å². The molecule has 19 heavy (non-hydrogen) atoms. The van der Waals surface area contributed by atoms with E-state index in [0.29, 0.717) is 11.7 Å². The van der Waals surface area contributed by atoms with Gasteiger partial charge in [0.2, 0.25) is 0 Å². The van der Waals surface area contributed by atoms with Gasteiger partial charge in [0.15, 0.2) is 0 Å². The smallest absolute Gasteiger partial charge is 0.140 e. The van der Waals surface area contributed by atoms with E-state index in [1.165, 1.54) is 11.1 Å². The zero-order valence-electron chi connectivity index (χ0n) is 11.4. The summed E-state index contributed by atoms with van der Waals surface area (Å²) in [4.78, 5) is 9.06. The van der Waals surface area contributed by atoms with Crippen molar-refractivity contribution in [3.63, 3.8) is 0 Å². The fourth-order valence-electron chi connectivity index (χ4n) is 2.00. The molecule has 2 rings (SSSR count). The molecular formula is C15H18IN3. The van der Waals surface area contributed by atoms with E-state index >= 15 is 0 Å². The van der Waals surface area contributed by atoms with Crippen molar-refractivity contribution >= 4 is 28.4 Å². The molecule has 0 saturated carbocycles. The molecule has 0 aliphatic carbocycles. The molecule has 0 aliphatic rings. The van der Waals surface area contributed by atoms with Gasteiger partial charge in [-0.05, 0) is 41.0 Å².